The number of rotatable bonds is 8. The molecule has 1 heterocycles. The fourth-order valence-electron chi connectivity index (χ4n) is 3.19. The summed E-state index contributed by atoms with van der Waals surface area (Å²) in [4.78, 5) is 2.74. The van der Waals surface area contributed by atoms with Crippen LogP contribution in [0, 0.1) is 5.92 Å². The Balaban J connectivity index is 2.38. The van der Waals surface area contributed by atoms with Crippen LogP contribution in [0.3, 0.4) is 0 Å². The molecule has 1 rings (SSSR count). The Morgan fingerprint density at radius 2 is 1.89 bits per heavy atom. The van der Waals surface area contributed by atoms with Crippen molar-refractivity contribution < 1.29 is 0 Å². The molecule has 1 fully saturated rings. The lowest BCUT2D eigenvalue weighted by Gasteiger charge is -2.34. The monoisotopic (exact) mass is 254 g/mol. The van der Waals surface area contributed by atoms with Crippen LogP contribution in [0.4, 0.5) is 0 Å². The average molecular weight is 254 g/mol. The third kappa shape index (κ3) is 5.71. The zero-order chi connectivity index (χ0) is 13.4. The van der Waals surface area contributed by atoms with E-state index < -0.39 is 0 Å². The van der Waals surface area contributed by atoms with Gasteiger partial charge in [0.25, 0.3) is 0 Å². The molecule has 0 spiro atoms. The van der Waals surface area contributed by atoms with Crippen LogP contribution in [0.1, 0.15) is 66.2 Å². The average Bonchev–Trinajstić information content (AvgIpc) is 2.38. The number of hydrogen-bond donors (Lipinski definition) is 1. The van der Waals surface area contributed by atoms with Gasteiger partial charge in [0.2, 0.25) is 0 Å². The van der Waals surface area contributed by atoms with E-state index in [9.17, 15) is 0 Å². The number of nitrogens with zero attached hydrogens (tertiary/aromatic N) is 1. The largest absolute Gasteiger partial charge is 0.314 e. The third-order valence-corrected chi connectivity index (χ3v) is 4.24. The standard InChI is InChI=1S/C16H34N2/c1-5-16(6-2)18(13-14(3)4)12-10-15-9-7-8-11-17-15/h14-17H,5-13H2,1-4H3. The van der Waals surface area contributed by atoms with Gasteiger partial charge in [0, 0.05) is 18.6 Å². The van der Waals surface area contributed by atoms with Crippen LogP contribution in [0.25, 0.3) is 0 Å². The Bertz CT molecular complexity index is 193. The minimum Gasteiger partial charge on any atom is -0.314 e. The van der Waals surface area contributed by atoms with Crippen LogP contribution in [-0.4, -0.2) is 36.6 Å². The van der Waals surface area contributed by atoms with Crippen LogP contribution < -0.4 is 5.32 Å². The Hall–Kier alpha value is -0.0800. The van der Waals surface area contributed by atoms with Gasteiger partial charge in [-0.2, -0.15) is 0 Å². The Kier molecular flexibility index (Phi) is 7.92. The van der Waals surface area contributed by atoms with Crippen molar-refractivity contribution in [1.82, 2.24) is 10.2 Å². The third-order valence-electron chi connectivity index (χ3n) is 4.24. The van der Waals surface area contributed by atoms with E-state index in [0.717, 1.165) is 18.0 Å². The van der Waals surface area contributed by atoms with E-state index in [1.54, 1.807) is 0 Å². The lowest BCUT2D eigenvalue weighted by molar-refractivity contribution is 0.155. The predicted octanol–water partition coefficient (Wildman–Crippen LogP) is 3.67. The molecule has 0 aromatic heterocycles. The fraction of sp³-hybridized carbons (Fsp3) is 1.00. The van der Waals surface area contributed by atoms with E-state index in [-0.39, 0.29) is 0 Å². The molecule has 0 aromatic rings. The van der Waals surface area contributed by atoms with Crippen LogP contribution in [0.5, 0.6) is 0 Å². The van der Waals surface area contributed by atoms with Crippen molar-refractivity contribution in [1.29, 1.82) is 0 Å². The van der Waals surface area contributed by atoms with Crippen molar-refractivity contribution in [2.45, 2.75) is 78.3 Å². The summed E-state index contributed by atoms with van der Waals surface area (Å²) in [5.41, 5.74) is 0. The Morgan fingerprint density at radius 1 is 1.17 bits per heavy atom. The zero-order valence-electron chi connectivity index (χ0n) is 13.0. The van der Waals surface area contributed by atoms with E-state index >= 15 is 0 Å². The molecule has 1 N–H and O–H groups in total. The lowest BCUT2D eigenvalue weighted by atomic mass is 10.0. The van der Waals surface area contributed by atoms with E-state index in [0.29, 0.717) is 0 Å². The number of piperidine rings is 1. The molecule has 108 valence electrons. The molecule has 1 atom stereocenters. The van der Waals surface area contributed by atoms with Gasteiger partial charge >= 0.3 is 0 Å². The van der Waals surface area contributed by atoms with Crippen molar-refractivity contribution in [3.8, 4) is 0 Å². The first-order valence-electron chi connectivity index (χ1n) is 8.14. The van der Waals surface area contributed by atoms with Crippen LogP contribution in [-0.2, 0) is 0 Å². The second kappa shape index (κ2) is 8.92. The van der Waals surface area contributed by atoms with E-state index in [4.69, 9.17) is 0 Å². The quantitative estimate of drug-likeness (QED) is 0.711. The second-order valence-corrected chi connectivity index (χ2v) is 6.29. The molecule has 0 saturated carbocycles. The first-order valence-corrected chi connectivity index (χ1v) is 8.14. The summed E-state index contributed by atoms with van der Waals surface area (Å²) in [5.74, 6) is 0.782. The SMILES string of the molecule is CCC(CC)N(CCC1CCCCN1)CC(C)C. The normalized spacial score (nSPS) is 21.2. The number of hydrogen-bond acceptors (Lipinski definition) is 2. The zero-order valence-corrected chi connectivity index (χ0v) is 13.0. The maximum atomic E-state index is 3.68. The Morgan fingerprint density at radius 3 is 2.39 bits per heavy atom. The second-order valence-electron chi connectivity index (χ2n) is 6.29. The van der Waals surface area contributed by atoms with Crippen molar-refractivity contribution in [2.24, 2.45) is 5.92 Å². The van der Waals surface area contributed by atoms with Gasteiger partial charge in [-0.1, -0.05) is 34.1 Å². The maximum Gasteiger partial charge on any atom is 0.00901 e. The van der Waals surface area contributed by atoms with Gasteiger partial charge in [0.05, 0.1) is 0 Å². The summed E-state index contributed by atoms with van der Waals surface area (Å²) >= 11 is 0. The van der Waals surface area contributed by atoms with Gasteiger partial charge in [-0.25, -0.2) is 0 Å². The summed E-state index contributed by atoms with van der Waals surface area (Å²) in [6.07, 6.45) is 8.11. The summed E-state index contributed by atoms with van der Waals surface area (Å²) in [5, 5.41) is 3.68. The molecular formula is C16H34N2. The molecule has 0 aromatic carbocycles. The highest BCUT2D eigenvalue weighted by atomic mass is 15.2. The molecule has 1 aliphatic heterocycles. The first-order chi connectivity index (χ1) is 8.67. The van der Waals surface area contributed by atoms with Crippen LogP contribution >= 0.6 is 0 Å². The molecule has 1 saturated heterocycles. The van der Waals surface area contributed by atoms with Crippen LogP contribution in [0.2, 0.25) is 0 Å². The summed E-state index contributed by atoms with van der Waals surface area (Å²) in [7, 11) is 0. The minimum absolute atomic E-state index is 0.780. The van der Waals surface area contributed by atoms with E-state index in [1.165, 1.54) is 58.2 Å². The predicted molar refractivity (Wildman–Crippen MR) is 81.0 cm³/mol. The van der Waals surface area contributed by atoms with Gasteiger partial charge in [-0.3, -0.25) is 0 Å². The molecule has 1 unspecified atom stereocenters. The smallest absolute Gasteiger partial charge is 0.00901 e. The molecule has 0 amide bonds. The maximum absolute atomic E-state index is 3.68. The summed E-state index contributed by atoms with van der Waals surface area (Å²) < 4.78 is 0. The highest BCUT2D eigenvalue weighted by Gasteiger charge is 2.19. The fourth-order valence-corrected chi connectivity index (χ4v) is 3.19. The van der Waals surface area contributed by atoms with Gasteiger partial charge in [0.15, 0.2) is 0 Å². The van der Waals surface area contributed by atoms with Gasteiger partial charge in [-0.05, 0) is 51.1 Å². The molecule has 1 aliphatic rings. The van der Waals surface area contributed by atoms with Gasteiger partial charge in [-0.15, -0.1) is 0 Å². The molecule has 2 heteroatoms. The molecule has 18 heavy (non-hydrogen) atoms. The first kappa shape index (κ1) is 16.0. The lowest BCUT2D eigenvalue weighted by Crippen LogP contribution is -2.42. The Labute approximate surface area is 115 Å². The van der Waals surface area contributed by atoms with E-state index in [2.05, 4.69) is 37.9 Å². The molecule has 0 bridgehead atoms. The number of nitrogens with one attached hydrogen (secondary N) is 1. The van der Waals surface area contributed by atoms with Crippen molar-refractivity contribution in [2.75, 3.05) is 19.6 Å². The van der Waals surface area contributed by atoms with Gasteiger partial charge in [0.1, 0.15) is 0 Å². The van der Waals surface area contributed by atoms with E-state index in [1.807, 2.05) is 0 Å². The molecule has 2 nitrogen and oxygen atoms in total. The van der Waals surface area contributed by atoms with Crippen molar-refractivity contribution >= 4 is 0 Å². The molecule has 0 radical (unpaired) electrons. The topological polar surface area (TPSA) is 15.3 Å². The van der Waals surface area contributed by atoms with Gasteiger partial charge < -0.3 is 10.2 Å². The van der Waals surface area contributed by atoms with Crippen molar-refractivity contribution in [3.63, 3.8) is 0 Å². The molecule has 0 aliphatic carbocycles. The van der Waals surface area contributed by atoms with Crippen LogP contribution in [0.15, 0.2) is 0 Å². The summed E-state index contributed by atoms with van der Waals surface area (Å²) in [6.45, 7) is 13.1. The minimum atomic E-state index is 0.780. The highest BCUT2D eigenvalue weighted by molar-refractivity contribution is 4.77. The molecular weight excluding hydrogens is 220 g/mol. The summed E-state index contributed by atoms with van der Waals surface area (Å²) in [6, 6.07) is 1.57. The van der Waals surface area contributed by atoms with Crippen molar-refractivity contribution in [3.05, 3.63) is 0 Å². The highest BCUT2D eigenvalue weighted by Crippen LogP contribution is 2.15.